The topological polar surface area (TPSA) is 104 Å². The highest BCUT2D eigenvalue weighted by molar-refractivity contribution is 6.22. The number of carbonyl (C=O) groups excluding carboxylic acids is 3. The zero-order chi connectivity index (χ0) is 14.2. The molecule has 0 unspecified atom stereocenters. The van der Waals surface area contributed by atoms with E-state index in [0.717, 1.165) is 0 Å². The zero-order valence-corrected chi connectivity index (χ0v) is 9.97. The van der Waals surface area contributed by atoms with E-state index in [0.29, 0.717) is 10.6 Å². The number of carbonyl (C=O) groups is 4. The summed E-state index contributed by atoms with van der Waals surface area (Å²) in [5.74, 6) is -2.89. The summed E-state index contributed by atoms with van der Waals surface area (Å²) in [4.78, 5) is 45.9. The Bertz CT molecular complexity index is 608. The third kappa shape index (κ3) is 2.30. The van der Waals surface area contributed by atoms with Crippen LogP contribution < -0.4 is 5.32 Å². The SMILES string of the molecule is CC(=O)Nc1ccc2c(c1)C(=O)N(CC(=O)O)C2=O. The first-order valence-corrected chi connectivity index (χ1v) is 5.40. The molecule has 7 nitrogen and oxygen atoms in total. The average Bonchev–Trinajstić information content (AvgIpc) is 2.53. The van der Waals surface area contributed by atoms with Crippen LogP contribution in [0, 0.1) is 0 Å². The third-order valence-corrected chi connectivity index (χ3v) is 2.58. The molecule has 1 heterocycles. The molecule has 2 rings (SSSR count). The number of carboxylic acid groups (broad SMARTS) is 1. The third-order valence-electron chi connectivity index (χ3n) is 2.58. The van der Waals surface area contributed by atoms with Gasteiger partial charge >= 0.3 is 5.97 Å². The lowest BCUT2D eigenvalue weighted by Gasteiger charge is -2.09. The van der Waals surface area contributed by atoms with E-state index >= 15 is 0 Å². The first-order valence-electron chi connectivity index (χ1n) is 5.40. The van der Waals surface area contributed by atoms with E-state index in [4.69, 9.17) is 5.11 Å². The monoisotopic (exact) mass is 262 g/mol. The Morgan fingerprint density at radius 1 is 1.21 bits per heavy atom. The number of benzene rings is 1. The fourth-order valence-electron chi connectivity index (χ4n) is 1.85. The molecular formula is C12H10N2O5. The van der Waals surface area contributed by atoms with E-state index in [1.165, 1.54) is 25.1 Å². The molecule has 0 bridgehead atoms. The van der Waals surface area contributed by atoms with Gasteiger partial charge in [0.15, 0.2) is 0 Å². The minimum Gasteiger partial charge on any atom is -0.480 e. The number of carboxylic acids is 1. The molecule has 19 heavy (non-hydrogen) atoms. The summed E-state index contributed by atoms with van der Waals surface area (Å²) < 4.78 is 0. The van der Waals surface area contributed by atoms with Gasteiger partial charge in [-0.3, -0.25) is 24.1 Å². The Kier molecular flexibility index (Phi) is 3.04. The minimum absolute atomic E-state index is 0.0949. The van der Waals surface area contributed by atoms with Gasteiger partial charge in [-0.05, 0) is 18.2 Å². The van der Waals surface area contributed by atoms with Gasteiger partial charge in [0.2, 0.25) is 5.91 Å². The van der Waals surface area contributed by atoms with E-state index < -0.39 is 24.3 Å². The molecule has 0 aromatic heterocycles. The van der Waals surface area contributed by atoms with Crippen LogP contribution in [-0.4, -0.2) is 40.2 Å². The predicted octanol–water partition coefficient (Wildman–Crippen LogP) is 0.326. The Hall–Kier alpha value is -2.70. The van der Waals surface area contributed by atoms with Gasteiger partial charge in [-0.2, -0.15) is 0 Å². The standard InChI is InChI=1S/C12H10N2O5/c1-6(15)13-7-2-3-8-9(4-7)12(19)14(11(8)18)5-10(16)17/h2-4H,5H2,1H3,(H,13,15)(H,16,17). The van der Waals surface area contributed by atoms with Crippen molar-refractivity contribution in [2.24, 2.45) is 0 Å². The van der Waals surface area contributed by atoms with Gasteiger partial charge in [0.05, 0.1) is 11.1 Å². The van der Waals surface area contributed by atoms with Crippen molar-refractivity contribution in [1.29, 1.82) is 0 Å². The Balaban J connectivity index is 2.36. The average molecular weight is 262 g/mol. The maximum atomic E-state index is 11.9. The number of fused-ring (bicyclic) bond motifs is 1. The molecule has 1 aliphatic rings. The molecule has 0 saturated carbocycles. The molecule has 0 atom stereocenters. The van der Waals surface area contributed by atoms with Crippen LogP contribution in [0.5, 0.6) is 0 Å². The predicted molar refractivity (Wildman–Crippen MR) is 63.7 cm³/mol. The molecule has 0 fully saturated rings. The molecule has 1 aromatic rings. The van der Waals surface area contributed by atoms with Crippen LogP contribution in [0.3, 0.4) is 0 Å². The van der Waals surface area contributed by atoms with Crippen LogP contribution in [0.2, 0.25) is 0 Å². The van der Waals surface area contributed by atoms with Gasteiger partial charge in [-0.15, -0.1) is 0 Å². The summed E-state index contributed by atoms with van der Waals surface area (Å²) in [5, 5.41) is 11.1. The molecule has 0 radical (unpaired) electrons. The van der Waals surface area contributed by atoms with Gasteiger partial charge in [-0.1, -0.05) is 0 Å². The smallest absolute Gasteiger partial charge is 0.323 e. The number of nitrogens with one attached hydrogen (secondary N) is 1. The summed E-state index contributed by atoms with van der Waals surface area (Å²) in [6, 6.07) is 4.23. The fraction of sp³-hybridized carbons (Fsp3) is 0.167. The maximum absolute atomic E-state index is 11.9. The van der Waals surface area contributed by atoms with Crippen LogP contribution >= 0.6 is 0 Å². The minimum atomic E-state index is -1.27. The molecule has 2 N–H and O–H groups in total. The van der Waals surface area contributed by atoms with E-state index in [9.17, 15) is 19.2 Å². The van der Waals surface area contributed by atoms with Crippen LogP contribution in [0.25, 0.3) is 0 Å². The number of rotatable bonds is 3. The summed E-state index contributed by atoms with van der Waals surface area (Å²) in [6.45, 7) is 0.638. The number of aliphatic carboxylic acids is 1. The van der Waals surface area contributed by atoms with Crippen molar-refractivity contribution >= 4 is 29.4 Å². The number of amides is 3. The number of anilines is 1. The number of hydrogen-bond donors (Lipinski definition) is 2. The highest BCUT2D eigenvalue weighted by Gasteiger charge is 2.36. The number of hydrogen-bond acceptors (Lipinski definition) is 4. The Morgan fingerprint density at radius 2 is 1.84 bits per heavy atom. The normalized spacial score (nSPS) is 13.4. The number of nitrogens with zero attached hydrogens (tertiary/aromatic N) is 1. The Labute approximate surface area is 107 Å². The molecule has 0 aliphatic carbocycles. The van der Waals surface area contributed by atoms with Crippen molar-refractivity contribution in [3.05, 3.63) is 29.3 Å². The van der Waals surface area contributed by atoms with Gasteiger partial charge in [0.25, 0.3) is 11.8 Å². The lowest BCUT2D eigenvalue weighted by atomic mass is 10.1. The van der Waals surface area contributed by atoms with Crippen molar-refractivity contribution in [1.82, 2.24) is 4.90 Å². The van der Waals surface area contributed by atoms with Crippen LogP contribution in [0.15, 0.2) is 18.2 Å². The second-order valence-electron chi connectivity index (χ2n) is 4.03. The van der Waals surface area contributed by atoms with Crippen molar-refractivity contribution in [2.45, 2.75) is 6.92 Å². The molecule has 1 aliphatic heterocycles. The first kappa shape index (κ1) is 12.7. The van der Waals surface area contributed by atoms with Gasteiger partial charge in [0, 0.05) is 12.6 Å². The summed E-state index contributed by atoms with van der Waals surface area (Å²) >= 11 is 0. The lowest BCUT2D eigenvalue weighted by Crippen LogP contribution is -2.34. The highest BCUT2D eigenvalue weighted by Crippen LogP contribution is 2.25. The van der Waals surface area contributed by atoms with Crippen molar-refractivity contribution in [3.8, 4) is 0 Å². The fourth-order valence-corrected chi connectivity index (χ4v) is 1.85. The maximum Gasteiger partial charge on any atom is 0.323 e. The largest absolute Gasteiger partial charge is 0.480 e. The van der Waals surface area contributed by atoms with E-state index in [2.05, 4.69) is 5.32 Å². The van der Waals surface area contributed by atoms with E-state index in [1.54, 1.807) is 0 Å². The van der Waals surface area contributed by atoms with E-state index in [-0.39, 0.29) is 17.0 Å². The Morgan fingerprint density at radius 3 is 2.42 bits per heavy atom. The molecule has 1 aromatic carbocycles. The van der Waals surface area contributed by atoms with Gasteiger partial charge in [0.1, 0.15) is 6.54 Å². The lowest BCUT2D eigenvalue weighted by molar-refractivity contribution is -0.137. The van der Waals surface area contributed by atoms with E-state index in [1.807, 2.05) is 0 Å². The molecule has 7 heteroatoms. The van der Waals surface area contributed by atoms with Crippen molar-refractivity contribution in [2.75, 3.05) is 11.9 Å². The summed E-state index contributed by atoms with van der Waals surface area (Å²) in [6.07, 6.45) is 0. The molecular weight excluding hydrogens is 252 g/mol. The molecule has 98 valence electrons. The van der Waals surface area contributed by atoms with Gasteiger partial charge < -0.3 is 10.4 Å². The molecule has 0 saturated heterocycles. The molecule has 0 spiro atoms. The van der Waals surface area contributed by atoms with Crippen LogP contribution in [-0.2, 0) is 9.59 Å². The van der Waals surface area contributed by atoms with Crippen LogP contribution in [0.1, 0.15) is 27.6 Å². The summed E-state index contributed by atoms with van der Waals surface area (Å²) in [7, 11) is 0. The van der Waals surface area contributed by atoms with Gasteiger partial charge in [-0.25, -0.2) is 0 Å². The molecule has 3 amide bonds. The second kappa shape index (κ2) is 4.52. The van der Waals surface area contributed by atoms with Crippen molar-refractivity contribution in [3.63, 3.8) is 0 Å². The quantitative estimate of drug-likeness (QED) is 0.764. The summed E-state index contributed by atoms with van der Waals surface area (Å²) in [5.41, 5.74) is 0.613. The van der Waals surface area contributed by atoms with Crippen LogP contribution in [0.4, 0.5) is 5.69 Å². The second-order valence-corrected chi connectivity index (χ2v) is 4.03. The highest BCUT2D eigenvalue weighted by atomic mass is 16.4. The number of imide groups is 1. The first-order chi connectivity index (χ1) is 8.90. The van der Waals surface area contributed by atoms with Crippen molar-refractivity contribution < 1.29 is 24.3 Å². The zero-order valence-electron chi connectivity index (χ0n) is 9.97.